The van der Waals surface area contributed by atoms with E-state index in [4.69, 9.17) is 15.2 Å². The second kappa shape index (κ2) is 6.75. The highest BCUT2D eigenvalue weighted by atomic mass is 19.1. The number of pyridine rings is 1. The van der Waals surface area contributed by atoms with Crippen molar-refractivity contribution in [1.82, 2.24) is 4.57 Å². The van der Waals surface area contributed by atoms with Crippen LogP contribution in [0, 0.1) is 11.7 Å². The first-order chi connectivity index (χ1) is 13.0. The van der Waals surface area contributed by atoms with Crippen LogP contribution in [0.3, 0.4) is 0 Å². The zero-order valence-electron chi connectivity index (χ0n) is 15.1. The predicted molar refractivity (Wildman–Crippen MR) is 98.8 cm³/mol. The number of primary amides is 1. The van der Waals surface area contributed by atoms with Gasteiger partial charge in [-0.3, -0.25) is 4.79 Å². The zero-order chi connectivity index (χ0) is 19.1. The number of hydrogen-bond acceptors (Lipinski definition) is 5. The molecule has 0 spiro atoms. The van der Waals surface area contributed by atoms with Gasteiger partial charge in [0.25, 0.3) is 5.56 Å². The van der Waals surface area contributed by atoms with Gasteiger partial charge in [0.15, 0.2) is 11.6 Å². The molecule has 1 atom stereocenters. The van der Waals surface area contributed by atoms with E-state index in [0.29, 0.717) is 35.4 Å². The third-order valence-electron chi connectivity index (χ3n) is 5.28. The molecule has 1 unspecified atom stereocenters. The fourth-order valence-corrected chi connectivity index (χ4v) is 3.91. The number of hydrogen-bond donors (Lipinski definition) is 1. The van der Waals surface area contributed by atoms with Gasteiger partial charge < -0.3 is 24.7 Å². The van der Waals surface area contributed by atoms with Crippen molar-refractivity contribution < 1.29 is 18.7 Å². The van der Waals surface area contributed by atoms with Crippen molar-refractivity contribution in [2.24, 2.45) is 11.7 Å². The molecule has 0 radical (unpaired) electrons. The van der Waals surface area contributed by atoms with Crippen LogP contribution in [0.15, 0.2) is 23.0 Å². The number of nitrogens with two attached hydrogens (primary N) is 1. The van der Waals surface area contributed by atoms with E-state index >= 15 is 0 Å². The number of anilines is 1. The molecule has 1 aromatic heterocycles. The smallest absolute Gasteiger partial charge is 0.404 e. The largest absolute Gasteiger partial charge is 0.492 e. The summed E-state index contributed by atoms with van der Waals surface area (Å²) in [6.07, 6.45) is 1.81. The number of benzene rings is 1. The van der Waals surface area contributed by atoms with Crippen LogP contribution in [-0.2, 0) is 4.74 Å². The Bertz CT molecular complexity index is 954. The van der Waals surface area contributed by atoms with Gasteiger partial charge in [0, 0.05) is 36.5 Å². The van der Waals surface area contributed by atoms with Crippen LogP contribution >= 0.6 is 0 Å². The van der Waals surface area contributed by atoms with Crippen LogP contribution in [0.4, 0.5) is 14.9 Å². The molecule has 8 heteroatoms. The first-order valence-corrected chi connectivity index (χ1v) is 9.08. The third kappa shape index (κ3) is 3.20. The van der Waals surface area contributed by atoms with Crippen molar-refractivity contribution >= 4 is 22.7 Å². The maximum absolute atomic E-state index is 15.0. The molecule has 1 amide bonds. The Kier molecular flexibility index (Phi) is 4.41. The summed E-state index contributed by atoms with van der Waals surface area (Å²) in [4.78, 5) is 25.1. The number of methoxy groups -OCH3 is 1. The second-order valence-electron chi connectivity index (χ2n) is 7.18. The van der Waals surface area contributed by atoms with Crippen molar-refractivity contribution in [1.29, 1.82) is 0 Å². The number of nitrogens with zero attached hydrogens (tertiary/aromatic N) is 2. The van der Waals surface area contributed by atoms with E-state index in [2.05, 4.69) is 0 Å². The Morgan fingerprint density at radius 2 is 2.11 bits per heavy atom. The van der Waals surface area contributed by atoms with Crippen LogP contribution < -0.4 is 20.9 Å². The number of fused-ring (bicyclic) bond motifs is 1. The summed E-state index contributed by atoms with van der Waals surface area (Å²) in [7, 11) is 1.50. The molecule has 0 bridgehead atoms. The van der Waals surface area contributed by atoms with Crippen LogP contribution in [0.1, 0.15) is 25.3 Å². The lowest BCUT2D eigenvalue weighted by atomic mass is 10.1. The van der Waals surface area contributed by atoms with E-state index in [9.17, 15) is 14.0 Å². The fraction of sp³-hybridized carbons (Fsp3) is 0.474. The minimum atomic E-state index is -0.809. The lowest BCUT2D eigenvalue weighted by Gasteiger charge is -2.24. The highest BCUT2D eigenvalue weighted by molar-refractivity contribution is 5.91. The van der Waals surface area contributed by atoms with Crippen LogP contribution in [0.25, 0.3) is 10.9 Å². The summed E-state index contributed by atoms with van der Waals surface area (Å²) in [5.74, 6) is 0.0570. The SMILES string of the molecule is COc1c(N2CCC(COC(N)=O)C2)c(F)cc2ccc(=O)n(C3CC3)c12. The molecule has 1 aromatic carbocycles. The highest BCUT2D eigenvalue weighted by Crippen LogP contribution is 2.44. The molecule has 1 aliphatic heterocycles. The summed E-state index contributed by atoms with van der Waals surface area (Å²) in [5, 5.41) is 0.646. The van der Waals surface area contributed by atoms with Gasteiger partial charge in [-0.25, -0.2) is 9.18 Å². The van der Waals surface area contributed by atoms with Gasteiger partial charge in [-0.05, 0) is 31.4 Å². The molecule has 7 nitrogen and oxygen atoms in total. The molecule has 1 saturated carbocycles. The molecular formula is C19H22FN3O4. The standard InChI is InChI=1S/C19H22FN3O4/c1-26-18-16-12(2-5-15(24)23(16)13-3-4-13)8-14(20)17(18)22-7-6-11(9-22)10-27-19(21)25/h2,5,8,11,13H,3-4,6-7,9-10H2,1H3,(H2,21,25). The van der Waals surface area contributed by atoms with Gasteiger partial charge in [0.1, 0.15) is 5.69 Å². The molecule has 4 rings (SSSR count). The lowest BCUT2D eigenvalue weighted by molar-refractivity contribution is 0.140. The second-order valence-corrected chi connectivity index (χ2v) is 7.18. The van der Waals surface area contributed by atoms with E-state index in [1.165, 1.54) is 19.2 Å². The van der Waals surface area contributed by atoms with E-state index in [-0.39, 0.29) is 24.1 Å². The van der Waals surface area contributed by atoms with Gasteiger partial charge in [-0.2, -0.15) is 0 Å². The normalized spacial score (nSPS) is 19.5. The van der Waals surface area contributed by atoms with Crippen molar-refractivity contribution in [3.63, 3.8) is 0 Å². The first-order valence-electron chi connectivity index (χ1n) is 9.08. The average Bonchev–Trinajstić information content (AvgIpc) is 3.36. The van der Waals surface area contributed by atoms with Gasteiger partial charge in [0.05, 0.1) is 19.2 Å². The summed E-state index contributed by atoms with van der Waals surface area (Å²) in [5.41, 5.74) is 5.92. The number of carbonyl (C=O) groups excluding carboxylic acids is 1. The van der Waals surface area contributed by atoms with Crippen molar-refractivity contribution in [2.75, 3.05) is 31.7 Å². The van der Waals surface area contributed by atoms with Gasteiger partial charge in [-0.1, -0.05) is 0 Å². The number of ether oxygens (including phenoxy) is 2. The molecule has 2 aliphatic rings. The molecule has 2 N–H and O–H groups in total. The number of halogens is 1. The molecule has 2 heterocycles. The maximum Gasteiger partial charge on any atom is 0.404 e. The number of rotatable bonds is 5. The summed E-state index contributed by atoms with van der Waals surface area (Å²) in [6.45, 7) is 1.33. The molecule has 2 aromatic rings. The van der Waals surface area contributed by atoms with E-state index in [1.807, 2.05) is 4.90 Å². The van der Waals surface area contributed by atoms with Gasteiger partial charge in [0.2, 0.25) is 0 Å². The maximum atomic E-state index is 15.0. The third-order valence-corrected chi connectivity index (χ3v) is 5.28. The molecular weight excluding hydrogens is 353 g/mol. The topological polar surface area (TPSA) is 86.8 Å². The molecule has 1 saturated heterocycles. The Morgan fingerprint density at radius 3 is 2.78 bits per heavy atom. The predicted octanol–water partition coefficient (Wildman–Crippen LogP) is 2.41. The molecule has 1 aliphatic carbocycles. The zero-order valence-corrected chi connectivity index (χ0v) is 15.1. The van der Waals surface area contributed by atoms with Crippen molar-refractivity contribution in [3.05, 3.63) is 34.4 Å². The van der Waals surface area contributed by atoms with E-state index < -0.39 is 11.9 Å². The van der Waals surface area contributed by atoms with Gasteiger partial charge >= 0.3 is 6.09 Å². The summed E-state index contributed by atoms with van der Waals surface area (Å²) in [6, 6.07) is 4.72. The van der Waals surface area contributed by atoms with Crippen molar-refractivity contribution in [2.45, 2.75) is 25.3 Å². The summed E-state index contributed by atoms with van der Waals surface area (Å²) >= 11 is 0. The van der Waals surface area contributed by atoms with Crippen LogP contribution in [0.5, 0.6) is 5.75 Å². The Hall–Kier alpha value is -2.77. The minimum absolute atomic E-state index is 0.0682. The molecule has 144 valence electrons. The Labute approximate surface area is 155 Å². The monoisotopic (exact) mass is 375 g/mol. The summed E-state index contributed by atoms with van der Waals surface area (Å²) < 4.78 is 27.2. The number of amides is 1. The quantitative estimate of drug-likeness (QED) is 0.867. The van der Waals surface area contributed by atoms with Crippen LogP contribution in [0.2, 0.25) is 0 Å². The average molecular weight is 375 g/mol. The number of aromatic nitrogens is 1. The Morgan fingerprint density at radius 1 is 1.33 bits per heavy atom. The Balaban J connectivity index is 1.77. The van der Waals surface area contributed by atoms with E-state index in [1.54, 1.807) is 10.6 Å². The first kappa shape index (κ1) is 17.6. The van der Waals surface area contributed by atoms with E-state index in [0.717, 1.165) is 19.3 Å². The number of carbonyl (C=O) groups is 1. The fourth-order valence-electron chi connectivity index (χ4n) is 3.91. The minimum Gasteiger partial charge on any atom is -0.492 e. The highest BCUT2D eigenvalue weighted by Gasteiger charge is 2.32. The van der Waals surface area contributed by atoms with Crippen LogP contribution in [-0.4, -0.2) is 37.5 Å². The van der Waals surface area contributed by atoms with Gasteiger partial charge in [-0.15, -0.1) is 0 Å². The van der Waals surface area contributed by atoms with Crippen molar-refractivity contribution in [3.8, 4) is 5.75 Å². The molecule has 27 heavy (non-hydrogen) atoms. The molecule has 2 fully saturated rings. The lowest BCUT2D eigenvalue weighted by Crippen LogP contribution is -2.25.